The quantitative estimate of drug-likeness (QED) is 0.785. The van der Waals surface area contributed by atoms with Crippen LogP contribution in [0.3, 0.4) is 0 Å². The largest absolute Gasteiger partial charge is 0.467 e. The second-order valence-electron chi connectivity index (χ2n) is 3.11. The fourth-order valence-corrected chi connectivity index (χ4v) is 1.88. The summed E-state index contributed by atoms with van der Waals surface area (Å²) in [6.07, 6.45) is -1.84. The topological polar surface area (TPSA) is 44.8 Å². The van der Waals surface area contributed by atoms with Crippen LogP contribution in [0.15, 0.2) is 16.6 Å². The lowest BCUT2D eigenvalue weighted by molar-refractivity contribution is -0.146. The van der Waals surface area contributed by atoms with Crippen LogP contribution < -0.4 is 9.47 Å². The Morgan fingerprint density at radius 3 is 2.75 bits per heavy atom. The van der Waals surface area contributed by atoms with Crippen LogP contribution in [0, 0.1) is 0 Å². The Morgan fingerprint density at radius 1 is 1.50 bits per heavy atom. The molecule has 1 unspecified atom stereocenters. The molecule has 16 heavy (non-hydrogen) atoms. The third kappa shape index (κ3) is 1.84. The second-order valence-corrected chi connectivity index (χ2v) is 3.97. The van der Waals surface area contributed by atoms with Crippen molar-refractivity contribution in [2.24, 2.45) is 0 Å². The predicted molar refractivity (Wildman–Crippen MR) is 56.1 cm³/mol. The number of esters is 1. The number of benzene rings is 1. The van der Waals surface area contributed by atoms with Gasteiger partial charge in [-0.3, -0.25) is 0 Å². The van der Waals surface area contributed by atoms with Gasteiger partial charge in [0.2, 0.25) is 13.0 Å². The van der Waals surface area contributed by atoms with Gasteiger partial charge in [0.05, 0.1) is 7.11 Å². The smallest absolute Gasteiger partial charge is 0.345 e. The highest BCUT2D eigenvalue weighted by molar-refractivity contribution is 9.10. The molecule has 0 saturated heterocycles. The molecule has 2 rings (SSSR count). The normalized spacial score (nSPS) is 14.7. The first-order valence-electron chi connectivity index (χ1n) is 4.44. The molecule has 0 aromatic heterocycles. The van der Waals surface area contributed by atoms with Gasteiger partial charge in [0, 0.05) is 10.0 Å². The molecule has 1 heterocycles. The molecule has 6 heteroatoms. The summed E-state index contributed by atoms with van der Waals surface area (Å²) in [5.74, 6) is -0.00277. The Bertz CT molecular complexity index is 435. The number of hydrogen-bond acceptors (Lipinski definition) is 4. The van der Waals surface area contributed by atoms with Crippen LogP contribution in [0.5, 0.6) is 11.5 Å². The lowest BCUT2D eigenvalue weighted by atomic mass is 10.1. The predicted octanol–water partition coefficient (Wildman–Crippen LogP) is 2.36. The Kier molecular flexibility index (Phi) is 3.00. The van der Waals surface area contributed by atoms with E-state index >= 15 is 0 Å². The van der Waals surface area contributed by atoms with Crippen molar-refractivity contribution < 1.29 is 23.4 Å². The van der Waals surface area contributed by atoms with E-state index in [1.807, 2.05) is 0 Å². The molecule has 0 bridgehead atoms. The summed E-state index contributed by atoms with van der Waals surface area (Å²) < 4.78 is 28.6. The zero-order valence-electron chi connectivity index (χ0n) is 8.33. The van der Waals surface area contributed by atoms with Gasteiger partial charge >= 0.3 is 5.97 Å². The zero-order valence-corrected chi connectivity index (χ0v) is 9.91. The lowest BCUT2D eigenvalue weighted by Gasteiger charge is -2.09. The molecular formula is C10H8BrFO4. The van der Waals surface area contributed by atoms with Gasteiger partial charge in [0.15, 0.2) is 11.5 Å². The van der Waals surface area contributed by atoms with E-state index in [2.05, 4.69) is 20.7 Å². The molecule has 0 spiro atoms. The van der Waals surface area contributed by atoms with Crippen molar-refractivity contribution in [3.63, 3.8) is 0 Å². The summed E-state index contributed by atoms with van der Waals surface area (Å²) in [6, 6.07) is 2.99. The molecular weight excluding hydrogens is 283 g/mol. The molecule has 86 valence electrons. The second kappa shape index (κ2) is 4.29. The van der Waals surface area contributed by atoms with Gasteiger partial charge in [-0.15, -0.1) is 0 Å². The first-order valence-corrected chi connectivity index (χ1v) is 5.23. The number of halogens is 2. The third-order valence-corrected chi connectivity index (χ3v) is 2.86. The average molecular weight is 291 g/mol. The van der Waals surface area contributed by atoms with Crippen molar-refractivity contribution in [2.75, 3.05) is 13.9 Å². The van der Waals surface area contributed by atoms with Crippen molar-refractivity contribution in [1.82, 2.24) is 0 Å². The van der Waals surface area contributed by atoms with Gasteiger partial charge < -0.3 is 14.2 Å². The van der Waals surface area contributed by atoms with Crippen LogP contribution >= 0.6 is 15.9 Å². The minimum Gasteiger partial charge on any atom is -0.467 e. The van der Waals surface area contributed by atoms with Crippen LogP contribution in [0.4, 0.5) is 4.39 Å². The summed E-state index contributed by atoms with van der Waals surface area (Å²) in [7, 11) is 1.13. The fraction of sp³-hybridized carbons (Fsp3) is 0.300. The van der Waals surface area contributed by atoms with E-state index in [4.69, 9.17) is 9.47 Å². The number of carbonyl (C=O) groups excluding carboxylic acids is 1. The van der Waals surface area contributed by atoms with Gasteiger partial charge in [-0.2, -0.15) is 0 Å². The highest BCUT2D eigenvalue weighted by Gasteiger charge is 2.26. The van der Waals surface area contributed by atoms with Crippen molar-refractivity contribution >= 4 is 21.9 Å². The molecule has 1 aliphatic rings. The highest BCUT2D eigenvalue weighted by atomic mass is 79.9. The molecule has 0 N–H and O–H groups in total. The van der Waals surface area contributed by atoms with Gasteiger partial charge in [0.25, 0.3) is 0 Å². The highest BCUT2D eigenvalue weighted by Crippen LogP contribution is 2.40. The summed E-state index contributed by atoms with van der Waals surface area (Å²) in [5.41, 5.74) is 0.163. The molecule has 1 atom stereocenters. The molecule has 0 aliphatic carbocycles. The summed E-state index contributed by atoms with van der Waals surface area (Å²) in [6.45, 7) is 0.0976. The molecule has 0 radical (unpaired) electrons. The number of hydrogen-bond donors (Lipinski definition) is 0. The maximum atomic E-state index is 13.7. The SMILES string of the molecule is COC(=O)C(F)c1cc2c(cc1Br)OCO2. The number of fused-ring (bicyclic) bond motifs is 1. The number of alkyl halides is 1. The first kappa shape index (κ1) is 11.2. The van der Waals surface area contributed by atoms with Crippen LogP contribution in [-0.4, -0.2) is 19.9 Å². The number of carbonyl (C=O) groups is 1. The molecule has 1 aromatic rings. The standard InChI is InChI=1S/C10H8BrFO4/c1-14-10(13)9(12)5-2-7-8(3-6(5)11)16-4-15-7/h2-3,9H,4H2,1H3. The summed E-state index contributed by atoms with van der Waals surface area (Å²) in [4.78, 5) is 11.1. The molecule has 0 fully saturated rings. The van der Waals surface area contributed by atoms with Crippen molar-refractivity contribution in [1.29, 1.82) is 0 Å². The minimum atomic E-state index is -1.84. The maximum absolute atomic E-state index is 13.7. The zero-order chi connectivity index (χ0) is 11.7. The van der Waals surface area contributed by atoms with E-state index in [0.29, 0.717) is 16.0 Å². The van der Waals surface area contributed by atoms with Crippen LogP contribution in [0.25, 0.3) is 0 Å². The number of rotatable bonds is 2. The monoisotopic (exact) mass is 290 g/mol. The molecule has 0 saturated carbocycles. The Labute approximate surface area is 99.4 Å². The van der Waals surface area contributed by atoms with E-state index in [1.165, 1.54) is 6.07 Å². The van der Waals surface area contributed by atoms with Crippen LogP contribution in [0.1, 0.15) is 11.7 Å². The molecule has 1 aliphatic heterocycles. The average Bonchev–Trinajstić information content (AvgIpc) is 2.72. The van der Waals surface area contributed by atoms with E-state index in [0.717, 1.165) is 7.11 Å². The summed E-state index contributed by atoms with van der Waals surface area (Å²) in [5, 5.41) is 0. The van der Waals surface area contributed by atoms with Gasteiger partial charge in [-0.1, -0.05) is 15.9 Å². The van der Waals surface area contributed by atoms with Gasteiger partial charge in [-0.25, -0.2) is 9.18 Å². The van der Waals surface area contributed by atoms with E-state index in [1.54, 1.807) is 6.07 Å². The first-order chi connectivity index (χ1) is 7.63. The van der Waals surface area contributed by atoms with Crippen LogP contribution in [-0.2, 0) is 9.53 Å². The number of ether oxygens (including phenoxy) is 3. The lowest BCUT2D eigenvalue weighted by Crippen LogP contribution is -2.10. The Balaban J connectivity index is 2.38. The van der Waals surface area contributed by atoms with Crippen molar-refractivity contribution in [2.45, 2.75) is 6.17 Å². The van der Waals surface area contributed by atoms with Gasteiger partial charge in [0.1, 0.15) is 0 Å². The minimum absolute atomic E-state index is 0.0976. The van der Waals surface area contributed by atoms with E-state index in [-0.39, 0.29) is 12.4 Å². The molecule has 4 nitrogen and oxygen atoms in total. The molecule has 0 amide bonds. The van der Waals surface area contributed by atoms with E-state index < -0.39 is 12.1 Å². The maximum Gasteiger partial charge on any atom is 0.345 e. The number of methoxy groups -OCH3 is 1. The Morgan fingerprint density at radius 2 is 2.12 bits per heavy atom. The third-order valence-electron chi connectivity index (χ3n) is 2.17. The summed E-state index contributed by atoms with van der Waals surface area (Å²) >= 11 is 3.16. The Hall–Kier alpha value is -1.30. The van der Waals surface area contributed by atoms with E-state index in [9.17, 15) is 9.18 Å². The van der Waals surface area contributed by atoms with Crippen LogP contribution in [0.2, 0.25) is 0 Å². The molecule has 1 aromatic carbocycles. The van der Waals surface area contributed by atoms with Gasteiger partial charge in [-0.05, 0) is 12.1 Å². The fourth-order valence-electron chi connectivity index (χ4n) is 1.36. The van der Waals surface area contributed by atoms with Crippen molar-refractivity contribution in [3.8, 4) is 11.5 Å². The van der Waals surface area contributed by atoms with Crippen molar-refractivity contribution in [3.05, 3.63) is 22.2 Å².